The second-order valence-electron chi connectivity index (χ2n) is 5.89. The molecule has 1 aromatic carbocycles. The van der Waals surface area contributed by atoms with E-state index in [9.17, 15) is 9.59 Å². The monoisotopic (exact) mass is 337 g/mol. The Kier molecular flexibility index (Phi) is 7.20. The fraction of sp³-hybridized carbons (Fsp3) is 0.529. The highest BCUT2D eigenvalue weighted by Crippen LogP contribution is 2.17. The molecule has 6 heteroatoms. The Bertz CT molecular complexity index is 530. The number of amides is 3. The lowest BCUT2D eigenvalue weighted by Gasteiger charge is -2.22. The van der Waals surface area contributed by atoms with Gasteiger partial charge in [-0.25, -0.2) is 4.79 Å². The Labute approximate surface area is 142 Å². The molecular formula is C17H24ClN3O2. The van der Waals surface area contributed by atoms with E-state index in [1.807, 2.05) is 24.3 Å². The number of halogens is 1. The van der Waals surface area contributed by atoms with Gasteiger partial charge in [0.25, 0.3) is 0 Å². The quantitative estimate of drug-likeness (QED) is 0.746. The lowest BCUT2D eigenvalue weighted by Crippen LogP contribution is -2.46. The molecule has 0 aromatic heterocycles. The first-order chi connectivity index (χ1) is 11.1. The molecule has 0 bridgehead atoms. The summed E-state index contributed by atoms with van der Waals surface area (Å²) >= 11 is 5.91. The molecule has 0 unspecified atom stereocenters. The SMILES string of the molecule is O=C(CNC(=O)NC1CCCCC1)NCCc1cccc(Cl)c1. The maximum Gasteiger partial charge on any atom is 0.315 e. The molecular weight excluding hydrogens is 314 g/mol. The third kappa shape index (κ3) is 6.91. The molecule has 23 heavy (non-hydrogen) atoms. The van der Waals surface area contributed by atoms with Crippen LogP contribution in [0, 0.1) is 0 Å². The molecule has 0 radical (unpaired) electrons. The van der Waals surface area contributed by atoms with Crippen molar-refractivity contribution in [2.45, 2.75) is 44.6 Å². The van der Waals surface area contributed by atoms with E-state index in [1.165, 1.54) is 6.42 Å². The number of benzene rings is 1. The zero-order valence-corrected chi connectivity index (χ0v) is 14.0. The van der Waals surface area contributed by atoms with Gasteiger partial charge >= 0.3 is 6.03 Å². The van der Waals surface area contributed by atoms with Gasteiger partial charge in [-0.2, -0.15) is 0 Å². The summed E-state index contributed by atoms with van der Waals surface area (Å²) in [4.78, 5) is 23.4. The van der Waals surface area contributed by atoms with Crippen LogP contribution in [0.1, 0.15) is 37.7 Å². The van der Waals surface area contributed by atoms with Gasteiger partial charge < -0.3 is 16.0 Å². The van der Waals surface area contributed by atoms with Gasteiger partial charge in [-0.1, -0.05) is 43.0 Å². The van der Waals surface area contributed by atoms with Gasteiger partial charge in [-0.05, 0) is 37.0 Å². The predicted octanol–water partition coefficient (Wildman–Crippen LogP) is 2.63. The first-order valence-electron chi connectivity index (χ1n) is 8.19. The zero-order valence-electron chi connectivity index (χ0n) is 13.2. The van der Waals surface area contributed by atoms with Crippen LogP contribution in [0.4, 0.5) is 4.79 Å². The molecule has 1 saturated carbocycles. The number of urea groups is 1. The largest absolute Gasteiger partial charge is 0.354 e. The van der Waals surface area contributed by atoms with E-state index in [1.54, 1.807) is 0 Å². The molecule has 2 rings (SSSR count). The van der Waals surface area contributed by atoms with Crippen LogP contribution in [-0.2, 0) is 11.2 Å². The number of nitrogens with one attached hydrogen (secondary N) is 3. The van der Waals surface area contributed by atoms with Gasteiger partial charge in [0, 0.05) is 17.6 Å². The van der Waals surface area contributed by atoms with Crippen LogP contribution in [0.2, 0.25) is 5.02 Å². The summed E-state index contributed by atoms with van der Waals surface area (Å²) in [6, 6.07) is 7.53. The van der Waals surface area contributed by atoms with Crippen molar-refractivity contribution >= 4 is 23.5 Å². The highest BCUT2D eigenvalue weighted by Gasteiger charge is 2.15. The van der Waals surface area contributed by atoms with Crippen molar-refractivity contribution in [1.82, 2.24) is 16.0 Å². The molecule has 3 N–H and O–H groups in total. The van der Waals surface area contributed by atoms with Gasteiger partial charge in [0.15, 0.2) is 0 Å². The normalized spacial score (nSPS) is 15.0. The third-order valence-electron chi connectivity index (χ3n) is 3.97. The number of carbonyl (C=O) groups excluding carboxylic acids is 2. The number of rotatable bonds is 6. The van der Waals surface area contributed by atoms with Crippen molar-refractivity contribution in [2.24, 2.45) is 0 Å². The molecule has 5 nitrogen and oxygen atoms in total. The van der Waals surface area contributed by atoms with Crippen molar-refractivity contribution in [1.29, 1.82) is 0 Å². The van der Waals surface area contributed by atoms with Crippen LogP contribution in [0.5, 0.6) is 0 Å². The fourth-order valence-electron chi connectivity index (χ4n) is 2.75. The summed E-state index contributed by atoms with van der Waals surface area (Å²) in [6.07, 6.45) is 6.33. The Hall–Kier alpha value is -1.75. The average molecular weight is 338 g/mol. The summed E-state index contributed by atoms with van der Waals surface area (Å²) < 4.78 is 0. The highest BCUT2D eigenvalue weighted by atomic mass is 35.5. The summed E-state index contributed by atoms with van der Waals surface area (Å²) in [5.74, 6) is -0.189. The van der Waals surface area contributed by atoms with E-state index >= 15 is 0 Å². The van der Waals surface area contributed by atoms with Crippen molar-refractivity contribution in [3.05, 3.63) is 34.9 Å². The molecule has 0 aliphatic heterocycles. The Balaban J connectivity index is 1.58. The first kappa shape index (κ1) is 17.6. The van der Waals surface area contributed by atoms with Crippen molar-refractivity contribution in [3.8, 4) is 0 Å². The van der Waals surface area contributed by atoms with Gasteiger partial charge in [0.2, 0.25) is 5.91 Å². The zero-order chi connectivity index (χ0) is 16.5. The first-order valence-corrected chi connectivity index (χ1v) is 8.57. The predicted molar refractivity (Wildman–Crippen MR) is 91.6 cm³/mol. The van der Waals surface area contributed by atoms with Crippen LogP contribution in [-0.4, -0.2) is 31.1 Å². The van der Waals surface area contributed by atoms with Crippen molar-refractivity contribution < 1.29 is 9.59 Å². The second-order valence-corrected chi connectivity index (χ2v) is 6.33. The van der Waals surface area contributed by atoms with E-state index in [2.05, 4.69) is 16.0 Å². The van der Waals surface area contributed by atoms with Gasteiger partial charge in [0.05, 0.1) is 6.54 Å². The molecule has 0 spiro atoms. The van der Waals surface area contributed by atoms with E-state index in [0.29, 0.717) is 18.0 Å². The minimum absolute atomic E-state index is 0.00585. The van der Waals surface area contributed by atoms with Crippen molar-refractivity contribution in [3.63, 3.8) is 0 Å². The lowest BCUT2D eigenvalue weighted by atomic mass is 9.96. The summed E-state index contributed by atoms with van der Waals surface area (Å²) in [5, 5.41) is 9.00. The molecule has 1 aliphatic rings. The fourth-order valence-corrected chi connectivity index (χ4v) is 2.96. The maximum absolute atomic E-state index is 11.7. The molecule has 1 aromatic rings. The standard InChI is InChI=1S/C17H24ClN3O2/c18-14-6-4-5-13(11-14)9-10-19-16(22)12-20-17(23)21-15-7-2-1-3-8-15/h4-6,11,15H,1-3,7-10,12H2,(H,19,22)(H2,20,21,23). The van der Waals surface area contributed by atoms with E-state index in [0.717, 1.165) is 31.2 Å². The number of hydrogen-bond acceptors (Lipinski definition) is 2. The topological polar surface area (TPSA) is 70.2 Å². The molecule has 126 valence electrons. The molecule has 0 saturated heterocycles. The summed E-state index contributed by atoms with van der Waals surface area (Å²) in [5.41, 5.74) is 1.07. The molecule has 0 heterocycles. The Morgan fingerprint density at radius 1 is 1.13 bits per heavy atom. The van der Waals surface area contributed by atoms with E-state index in [4.69, 9.17) is 11.6 Å². The smallest absolute Gasteiger partial charge is 0.315 e. The van der Waals surface area contributed by atoms with Crippen LogP contribution in [0.15, 0.2) is 24.3 Å². The summed E-state index contributed by atoms with van der Waals surface area (Å²) in [7, 11) is 0. The molecule has 0 atom stereocenters. The number of carbonyl (C=O) groups is 2. The van der Waals surface area contributed by atoms with Crippen molar-refractivity contribution in [2.75, 3.05) is 13.1 Å². The second kappa shape index (κ2) is 9.40. The summed E-state index contributed by atoms with van der Waals surface area (Å²) in [6.45, 7) is 0.513. The Morgan fingerprint density at radius 3 is 2.65 bits per heavy atom. The number of hydrogen-bond donors (Lipinski definition) is 3. The van der Waals surface area contributed by atoms with Gasteiger partial charge in [-0.15, -0.1) is 0 Å². The van der Waals surface area contributed by atoms with Crippen LogP contribution in [0.25, 0.3) is 0 Å². The van der Waals surface area contributed by atoms with E-state index < -0.39 is 0 Å². The molecule has 1 aliphatic carbocycles. The van der Waals surface area contributed by atoms with Crippen LogP contribution < -0.4 is 16.0 Å². The van der Waals surface area contributed by atoms with Gasteiger partial charge in [-0.3, -0.25) is 4.79 Å². The third-order valence-corrected chi connectivity index (χ3v) is 4.21. The average Bonchev–Trinajstić information content (AvgIpc) is 2.54. The Morgan fingerprint density at radius 2 is 1.91 bits per heavy atom. The minimum atomic E-state index is -0.262. The highest BCUT2D eigenvalue weighted by molar-refractivity contribution is 6.30. The van der Waals surface area contributed by atoms with Gasteiger partial charge in [0.1, 0.15) is 0 Å². The minimum Gasteiger partial charge on any atom is -0.354 e. The molecule has 3 amide bonds. The van der Waals surface area contributed by atoms with Crippen LogP contribution >= 0.6 is 11.6 Å². The molecule has 1 fully saturated rings. The maximum atomic E-state index is 11.7. The lowest BCUT2D eigenvalue weighted by molar-refractivity contribution is -0.120. The van der Waals surface area contributed by atoms with E-state index in [-0.39, 0.29) is 24.5 Å². The van der Waals surface area contributed by atoms with Crippen LogP contribution in [0.3, 0.4) is 0 Å².